The Kier molecular flexibility index (Phi) is 7.46. The van der Waals surface area contributed by atoms with Gasteiger partial charge in [0.05, 0.1) is 15.9 Å². The third-order valence-electron chi connectivity index (χ3n) is 4.47. The first kappa shape index (κ1) is 22.3. The van der Waals surface area contributed by atoms with E-state index in [0.29, 0.717) is 17.0 Å². The summed E-state index contributed by atoms with van der Waals surface area (Å²) in [5, 5.41) is 20.4. The number of nitriles is 1. The zero-order valence-corrected chi connectivity index (χ0v) is 19.7. The van der Waals surface area contributed by atoms with Gasteiger partial charge in [0.25, 0.3) is 0 Å². The number of hydrogen-bond acceptors (Lipinski definition) is 7. The first-order valence-corrected chi connectivity index (χ1v) is 11.7. The van der Waals surface area contributed by atoms with Gasteiger partial charge in [0.15, 0.2) is 0 Å². The lowest BCUT2D eigenvalue weighted by Crippen LogP contribution is -2.31. The van der Waals surface area contributed by atoms with Crippen molar-refractivity contribution in [2.45, 2.75) is 39.5 Å². The van der Waals surface area contributed by atoms with E-state index < -0.39 is 0 Å². The number of rotatable bonds is 8. The summed E-state index contributed by atoms with van der Waals surface area (Å²) < 4.78 is 1.01. The highest BCUT2D eigenvalue weighted by atomic mass is 32.2. The van der Waals surface area contributed by atoms with Gasteiger partial charge in [-0.1, -0.05) is 39.0 Å². The van der Waals surface area contributed by atoms with Crippen LogP contribution in [0.25, 0.3) is 10.2 Å². The number of aryl methyl sites for hydroxylation is 1. The van der Waals surface area contributed by atoms with Crippen LogP contribution in [0.5, 0.6) is 0 Å². The molecule has 1 aromatic heterocycles. The lowest BCUT2D eigenvalue weighted by Gasteiger charge is -2.29. The minimum Gasteiger partial charge on any atom is -0.371 e. The van der Waals surface area contributed by atoms with E-state index in [1.807, 2.05) is 24.3 Å². The first-order valence-electron chi connectivity index (χ1n) is 10.1. The lowest BCUT2D eigenvalue weighted by molar-refractivity contribution is 0.552. The molecule has 2 aromatic carbocycles. The Morgan fingerprint density at radius 1 is 1.07 bits per heavy atom. The number of hydrogen-bond donors (Lipinski definition) is 0. The third-order valence-corrected chi connectivity index (χ3v) is 5.96. The van der Waals surface area contributed by atoms with Gasteiger partial charge in [-0.2, -0.15) is 5.26 Å². The van der Waals surface area contributed by atoms with Crippen molar-refractivity contribution in [2.75, 3.05) is 18.0 Å². The maximum atomic E-state index is 8.84. The quantitative estimate of drug-likeness (QED) is 0.206. The van der Waals surface area contributed by atoms with E-state index in [9.17, 15) is 0 Å². The van der Waals surface area contributed by atoms with E-state index in [0.717, 1.165) is 51.2 Å². The van der Waals surface area contributed by atoms with E-state index in [1.165, 1.54) is 17.0 Å². The molecule has 30 heavy (non-hydrogen) atoms. The summed E-state index contributed by atoms with van der Waals surface area (Å²) in [6.07, 6.45) is 0. The zero-order valence-electron chi connectivity index (χ0n) is 18.1. The van der Waals surface area contributed by atoms with Gasteiger partial charge in [0, 0.05) is 23.7 Å². The van der Waals surface area contributed by atoms with Crippen LogP contribution in [0.4, 0.5) is 16.5 Å². The number of thiazole rings is 1. The molecule has 0 unspecified atom stereocenters. The number of fused-ring (bicyclic) bond motifs is 1. The number of thioether (sulfide) groups is 1. The van der Waals surface area contributed by atoms with Gasteiger partial charge in [0.2, 0.25) is 5.13 Å². The highest BCUT2D eigenvalue weighted by Gasteiger charge is 2.12. The van der Waals surface area contributed by atoms with E-state index in [1.54, 1.807) is 0 Å². The zero-order chi connectivity index (χ0) is 21.7. The maximum Gasteiger partial charge on any atom is 0.231 e. The van der Waals surface area contributed by atoms with E-state index >= 15 is 0 Å². The van der Waals surface area contributed by atoms with Crippen molar-refractivity contribution in [3.8, 4) is 5.40 Å². The molecule has 0 spiro atoms. The van der Waals surface area contributed by atoms with Crippen molar-refractivity contribution in [3.63, 3.8) is 0 Å². The Labute approximate surface area is 186 Å². The van der Waals surface area contributed by atoms with Gasteiger partial charge in [-0.15, -0.1) is 10.2 Å². The molecule has 0 saturated heterocycles. The molecular formula is C23H27N5S2. The summed E-state index contributed by atoms with van der Waals surface area (Å²) in [5.74, 6) is 1.21. The summed E-state index contributed by atoms with van der Waals surface area (Å²) in [6, 6.07) is 12.2. The molecule has 0 aliphatic carbocycles. The van der Waals surface area contributed by atoms with E-state index in [4.69, 9.17) is 5.26 Å². The van der Waals surface area contributed by atoms with Crippen LogP contribution in [-0.2, 0) is 0 Å². The minimum atomic E-state index is 0.606. The highest BCUT2D eigenvalue weighted by Crippen LogP contribution is 2.33. The van der Waals surface area contributed by atoms with Crippen molar-refractivity contribution in [3.05, 3.63) is 42.0 Å². The van der Waals surface area contributed by atoms with Crippen molar-refractivity contribution in [1.82, 2.24) is 4.98 Å². The Morgan fingerprint density at radius 2 is 1.80 bits per heavy atom. The smallest absolute Gasteiger partial charge is 0.231 e. The van der Waals surface area contributed by atoms with Crippen LogP contribution in [0, 0.1) is 29.4 Å². The second-order valence-corrected chi connectivity index (χ2v) is 10.0. The molecule has 0 atom stereocenters. The maximum absolute atomic E-state index is 8.84. The molecule has 0 aliphatic rings. The van der Waals surface area contributed by atoms with Gasteiger partial charge in [-0.3, -0.25) is 0 Å². The summed E-state index contributed by atoms with van der Waals surface area (Å²) in [6.45, 7) is 13.2. The molecule has 0 saturated carbocycles. The molecule has 0 N–H and O–H groups in total. The summed E-state index contributed by atoms with van der Waals surface area (Å²) in [7, 11) is 0. The SMILES string of the molecule is Cc1cc(N(CC(C)C)CC(C)C)ccc1N=Nc1nc2ccc(SC#N)cc2s1. The standard InChI is InChI=1S/C23H27N5S2/c1-15(2)12-28(13-16(3)4)18-6-8-20(17(5)10-18)26-27-23-25-21-9-7-19(29-14-24)11-22(21)30-23/h6-11,15-16H,12-13H2,1-5H3. The van der Waals surface area contributed by atoms with Crippen LogP contribution in [0.2, 0.25) is 0 Å². The minimum absolute atomic E-state index is 0.606. The second kappa shape index (κ2) is 10.1. The lowest BCUT2D eigenvalue weighted by atomic mass is 10.1. The number of benzene rings is 2. The van der Waals surface area contributed by atoms with Crippen molar-refractivity contribution >= 4 is 49.8 Å². The molecule has 0 bridgehead atoms. The van der Waals surface area contributed by atoms with Crippen molar-refractivity contribution in [2.24, 2.45) is 22.1 Å². The average molecular weight is 438 g/mol. The molecular weight excluding hydrogens is 410 g/mol. The van der Waals surface area contributed by atoms with Crippen LogP contribution in [0.1, 0.15) is 33.3 Å². The largest absolute Gasteiger partial charge is 0.371 e. The highest BCUT2D eigenvalue weighted by molar-refractivity contribution is 8.03. The number of thiocyanates is 1. The fraction of sp³-hybridized carbons (Fsp3) is 0.391. The molecule has 5 nitrogen and oxygen atoms in total. The molecule has 0 amide bonds. The fourth-order valence-electron chi connectivity index (χ4n) is 3.26. The topological polar surface area (TPSA) is 64.6 Å². The van der Waals surface area contributed by atoms with E-state index in [-0.39, 0.29) is 0 Å². The second-order valence-electron chi connectivity index (χ2n) is 8.18. The van der Waals surface area contributed by atoms with Crippen LogP contribution in [-0.4, -0.2) is 18.1 Å². The molecule has 1 heterocycles. The van der Waals surface area contributed by atoms with Gasteiger partial charge >= 0.3 is 0 Å². The molecule has 156 valence electrons. The number of aromatic nitrogens is 1. The van der Waals surface area contributed by atoms with Gasteiger partial charge in [-0.05, 0) is 72.5 Å². The van der Waals surface area contributed by atoms with Crippen LogP contribution < -0.4 is 4.90 Å². The van der Waals surface area contributed by atoms with Crippen molar-refractivity contribution < 1.29 is 0 Å². The molecule has 7 heteroatoms. The third kappa shape index (κ3) is 5.80. The summed E-state index contributed by atoms with van der Waals surface area (Å²) in [4.78, 5) is 7.89. The van der Waals surface area contributed by atoms with Crippen molar-refractivity contribution in [1.29, 1.82) is 5.26 Å². The Morgan fingerprint density at radius 3 is 2.43 bits per heavy atom. The molecule has 0 aliphatic heterocycles. The number of nitrogens with zero attached hydrogens (tertiary/aromatic N) is 5. The van der Waals surface area contributed by atoms with Gasteiger partial charge in [-0.25, -0.2) is 4.98 Å². The van der Waals surface area contributed by atoms with E-state index in [2.05, 4.69) is 72.3 Å². The van der Waals surface area contributed by atoms with Gasteiger partial charge < -0.3 is 4.90 Å². The average Bonchev–Trinajstić information content (AvgIpc) is 3.08. The Balaban J connectivity index is 1.80. The summed E-state index contributed by atoms with van der Waals surface area (Å²) >= 11 is 2.63. The first-order chi connectivity index (χ1) is 14.4. The van der Waals surface area contributed by atoms with Crippen LogP contribution >= 0.6 is 23.1 Å². The Hall–Kier alpha value is -2.43. The molecule has 0 radical (unpaired) electrons. The van der Waals surface area contributed by atoms with Crippen LogP contribution in [0.3, 0.4) is 0 Å². The Bertz CT molecular complexity index is 1070. The molecule has 0 fully saturated rings. The normalized spacial score (nSPS) is 11.7. The molecule has 3 rings (SSSR count). The fourth-order valence-corrected chi connectivity index (χ4v) is 4.58. The monoisotopic (exact) mass is 437 g/mol. The predicted molar refractivity (Wildman–Crippen MR) is 128 cm³/mol. The van der Waals surface area contributed by atoms with Crippen LogP contribution in [0.15, 0.2) is 51.5 Å². The number of azo groups is 1. The van der Waals surface area contributed by atoms with Gasteiger partial charge in [0.1, 0.15) is 5.40 Å². The summed E-state index contributed by atoms with van der Waals surface area (Å²) in [5.41, 5.74) is 4.06. The predicted octanol–water partition coefficient (Wildman–Crippen LogP) is 7.71. The number of anilines is 1. The molecule has 3 aromatic rings.